The lowest BCUT2D eigenvalue weighted by Crippen LogP contribution is -2.53. The first kappa shape index (κ1) is 25.5. The van der Waals surface area contributed by atoms with Crippen molar-refractivity contribution in [2.24, 2.45) is 17.6 Å². The molecule has 8 heteroatoms. The molecule has 1 aliphatic heterocycles. The minimum absolute atomic E-state index is 0. The molecule has 2 aliphatic carbocycles. The van der Waals surface area contributed by atoms with E-state index in [1.807, 2.05) is 4.90 Å². The summed E-state index contributed by atoms with van der Waals surface area (Å²) in [5.74, 6) is 1.25. The van der Waals surface area contributed by atoms with Crippen molar-refractivity contribution in [1.82, 2.24) is 15.1 Å². The van der Waals surface area contributed by atoms with Gasteiger partial charge in [-0.1, -0.05) is 26.2 Å². The predicted octanol–water partition coefficient (Wildman–Crippen LogP) is 2.19. The maximum absolute atomic E-state index is 12.7. The SMILES string of the molecule is CC1CCCC(NC(=O)CN2CCN(C(=O)C3CCCC(N)C3)CC2)C1.Cl.Cl. The van der Waals surface area contributed by atoms with Gasteiger partial charge >= 0.3 is 0 Å². The van der Waals surface area contributed by atoms with Gasteiger partial charge in [0.2, 0.25) is 11.8 Å². The van der Waals surface area contributed by atoms with Gasteiger partial charge < -0.3 is 16.0 Å². The molecule has 0 aromatic carbocycles. The molecule has 2 amide bonds. The fourth-order valence-corrected chi connectivity index (χ4v) is 4.88. The molecule has 3 fully saturated rings. The average molecular weight is 437 g/mol. The van der Waals surface area contributed by atoms with Gasteiger partial charge in [-0.2, -0.15) is 0 Å². The molecule has 28 heavy (non-hydrogen) atoms. The molecule has 0 aromatic rings. The van der Waals surface area contributed by atoms with Crippen LogP contribution in [0.25, 0.3) is 0 Å². The average Bonchev–Trinajstić information content (AvgIpc) is 2.61. The highest BCUT2D eigenvalue weighted by Crippen LogP contribution is 2.25. The van der Waals surface area contributed by atoms with Gasteiger partial charge in [-0.3, -0.25) is 14.5 Å². The summed E-state index contributed by atoms with van der Waals surface area (Å²) in [5.41, 5.74) is 6.03. The molecule has 4 unspecified atom stereocenters. The van der Waals surface area contributed by atoms with Crippen molar-refractivity contribution in [3.05, 3.63) is 0 Å². The van der Waals surface area contributed by atoms with Crippen molar-refractivity contribution in [3.63, 3.8) is 0 Å². The van der Waals surface area contributed by atoms with Gasteiger partial charge in [-0.15, -0.1) is 24.8 Å². The number of nitrogens with one attached hydrogen (secondary N) is 1. The number of carbonyl (C=O) groups excluding carboxylic acids is 2. The van der Waals surface area contributed by atoms with Crippen LogP contribution < -0.4 is 11.1 Å². The van der Waals surface area contributed by atoms with E-state index in [2.05, 4.69) is 17.1 Å². The highest BCUT2D eigenvalue weighted by molar-refractivity contribution is 5.85. The van der Waals surface area contributed by atoms with E-state index in [1.54, 1.807) is 0 Å². The third kappa shape index (κ3) is 7.36. The van der Waals surface area contributed by atoms with Crippen molar-refractivity contribution < 1.29 is 9.59 Å². The van der Waals surface area contributed by atoms with Crippen LogP contribution in [-0.2, 0) is 9.59 Å². The van der Waals surface area contributed by atoms with E-state index in [9.17, 15) is 9.59 Å². The molecular weight excluding hydrogens is 399 g/mol. The Bertz CT molecular complexity index is 501. The summed E-state index contributed by atoms with van der Waals surface area (Å²) in [6.07, 6.45) is 8.66. The topological polar surface area (TPSA) is 78.7 Å². The number of nitrogens with two attached hydrogens (primary N) is 1. The van der Waals surface area contributed by atoms with E-state index in [4.69, 9.17) is 5.73 Å². The maximum Gasteiger partial charge on any atom is 0.234 e. The third-order valence-corrected chi connectivity index (χ3v) is 6.42. The van der Waals surface area contributed by atoms with Crippen LogP contribution in [0.15, 0.2) is 0 Å². The van der Waals surface area contributed by atoms with E-state index in [1.165, 1.54) is 12.8 Å². The normalized spacial score (nSPS) is 31.3. The summed E-state index contributed by atoms with van der Waals surface area (Å²) in [6, 6.07) is 0.537. The number of amides is 2. The lowest BCUT2D eigenvalue weighted by Gasteiger charge is -2.37. The smallest absolute Gasteiger partial charge is 0.234 e. The van der Waals surface area contributed by atoms with E-state index >= 15 is 0 Å². The third-order valence-electron chi connectivity index (χ3n) is 6.42. The summed E-state index contributed by atoms with van der Waals surface area (Å²) < 4.78 is 0. The Kier molecular flexibility index (Phi) is 11.1. The Morgan fingerprint density at radius 1 is 0.964 bits per heavy atom. The first-order chi connectivity index (χ1) is 12.5. The molecule has 0 aromatic heterocycles. The van der Waals surface area contributed by atoms with Gasteiger partial charge in [0.15, 0.2) is 0 Å². The number of rotatable bonds is 4. The Balaban J connectivity index is 0.00000196. The standard InChI is InChI=1S/C20H36N4O2.2ClH/c1-15-4-2-7-18(12-15)22-19(25)14-23-8-10-24(11-9-23)20(26)16-5-3-6-17(21)13-16;;/h15-18H,2-14,21H2,1H3,(H,22,25);2*1H. The van der Waals surface area contributed by atoms with Crippen LogP contribution in [0, 0.1) is 11.8 Å². The van der Waals surface area contributed by atoms with Crippen LogP contribution in [0.3, 0.4) is 0 Å². The molecule has 0 bridgehead atoms. The lowest BCUT2D eigenvalue weighted by atomic mass is 9.85. The van der Waals surface area contributed by atoms with Crippen LogP contribution >= 0.6 is 24.8 Å². The Morgan fingerprint density at radius 2 is 1.64 bits per heavy atom. The van der Waals surface area contributed by atoms with Crippen molar-refractivity contribution in [3.8, 4) is 0 Å². The second-order valence-corrected chi connectivity index (χ2v) is 8.76. The summed E-state index contributed by atoms with van der Waals surface area (Å²) in [4.78, 5) is 29.2. The summed E-state index contributed by atoms with van der Waals surface area (Å²) in [7, 11) is 0. The van der Waals surface area contributed by atoms with Crippen LogP contribution in [0.5, 0.6) is 0 Å². The zero-order chi connectivity index (χ0) is 18.5. The fraction of sp³-hybridized carbons (Fsp3) is 0.900. The first-order valence-corrected chi connectivity index (χ1v) is 10.6. The van der Waals surface area contributed by atoms with Crippen molar-refractivity contribution in [2.45, 2.75) is 70.4 Å². The van der Waals surface area contributed by atoms with E-state index in [-0.39, 0.29) is 48.6 Å². The molecule has 3 N–H and O–H groups in total. The first-order valence-electron chi connectivity index (χ1n) is 10.6. The number of nitrogens with zero attached hydrogens (tertiary/aromatic N) is 2. The van der Waals surface area contributed by atoms with E-state index in [0.717, 1.165) is 70.6 Å². The lowest BCUT2D eigenvalue weighted by molar-refractivity contribution is -0.138. The molecule has 2 saturated carbocycles. The summed E-state index contributed by atoms with van der Waals surface area (Å²) in [6.45, 7) is 5.78. The van der Waals surface area contributed by atoms with Gasteiger partial charge in [0.05, 0.1) is 6.54 Å². The highest BCUT2D eigenvalue weighted by Gasteiger charge is 2.31. The molecule has 1 heterocycles. The number of halogens is 2. The van der Waals surface area contributed by atoms with Gasteiger partial charge in [-0.25, -0.2) is 0 Å². The molecule has 0 spiro atoms. The van der Waals surface area contributed by atoms with Crippen molar-refractivity contribution in [2.75, 3.05) is 32.7 Å². The number of hydrogen-bond acceptors (Lipinski definition) is 4. The molecule has 0 radical (unpaired) electrons. The second-order valence-electron chi connectivity index (χ2n) is 8.76. The number of carbonyl (C=O) groups is 2. The molecule has 3 aliphatic rings. The summed E-state index contributed by atoms with van der Waals surface area (Å²) >= 11 is 0. The van der Waals surface area contributed by atoms with E-state index in [0.29, 0.717) is 12.6 Å². The Morgan fingerprint density at radius 3 is 2.29 bits per heavy atom. The molecule has 3 rings (SSSR count). The van der Waals surface area contributed by atoms with Gasteiger partial charge in [0.25, 0.3) is 0 Å². The molecule has 1 saturated heterocycles. The van der Waals surface area contributed by atoms with Gasteiger partial charge in [-0.05, 0) is 38.0 Å². The summed E-state index contributed by atoms with van der Waals surface area (Å²) in [5, 5.41) is 3.21. The zero-order valence-corrected chi connectivity index (χ0v) is 18.7. The van der Waals surface area contributed by atoms with Crippen LogP contribution in [0.4, 0.5) is 0 Å². The van der Waals surface area contributed by atoms with Gasteiger partial charge in [0, 0.05) is 44.2 Å². The minimum atomic E-state index is 0. The fourth-order valence-electron chi connectivity index (χ4n) is 4.88. The Hall–Kier alpha value is -0.560. The second kappa shape index (κ2) is 12.2. The molecule has 6 nitrogen and oxygen atoms in total. The molecular formula is C20H38Cl2N4O2. The zero-order valence-electron chi connectivity index (χ0n) is 17.1. The molecule has 164 valence electrons. The minimum Gasteiger partial charge on any atom is -0.352 e. The van der Waals surface area contributed by atoms with Crippen LogP contribution in [0.2, 0.25) is 0 Å². The van der Waals surface area contributed by atoms with Crippen molar-refractivity contribution in [1.29, 1.82) is 0 Å². The number of hydrogen-bond donors (Lipinski definition) is 2. The molecule has 4 atom stereocenters. The van der Waals surface area contributed by atoms with Gasteiger partial charge in [0.1, 0.15) is 0 Å². The largest absolute Gasteiger partial charge is 0.352 e. The monoisotopic (exact) mass is 436 g/mol. The number of piperazine rings is 1. The Labute approximate surface area is 182 Å². The van der Waals surface area contributed by atoms with E-state index < -0.39 is 0 Å². The van der Waals surface area contributed by atoms with Crippen molar-refractivity contribution >= 4 is 36.6 Å². The predicted molar refractivity (Wildman–Crippen MR) is 117 cm³/mol. The van der Waals surface area contributed by atoms with Crippen LogP contribution in [0.1, 0.15) is 58.3 Å². The highest BCUT2D eigenvalue weighted by atomic mass is 35.5. The van der Waals surface area contributed by atoms with Crippen LogP contribution in [-0.4, -0.2) is 66.4 Å². The quantitative estimate of drug-likeness (QED) is 0.707. The maximum atomic E-state index is 12.7.